The SMILES string of the molecule is C[N@+]1(CC2CC2)CC[C@]23c4c5ccc(O)c4O[C@H]2C(=O)C(=O)C[C@@]3(O)[C@H]1C5. The Balaban J connectivity index is 1.62. The molecular weight excluding hydrogens is 346 g/mol. The van der Waals surface area contributed by atoms with Gasteiger partial charge in [0.1, 0.15) is 11.6 Å². The molecule has 3 aliphatic carbocycles. The molecule has 0 unspecified atom stereocenters. The number of hydrogen-bond donors (Lipinski definition) is 2. The molecule has 5 atom stereocenters. The molecule has 1 saturated heterocycles. The van der Waals surface area contributed by atoms with E-state index in [1.54, 1.807) is 6.07 Å². The van der Waals surface area contributed by atoms with Gasteiger partial charge in [0.2, 0.25) is 11.6 Å². The van der Waals surface area contributed by atoms with Gasteiger partial charge in [-0.1, -0.05) is 6.07 Å². The van der Waals surface area contributed by atoms with Gasteiger partial charge in [0.05, 0.1) is 25.6 Å². The van der Waals surface area contributed by atoms with Crippen LogP contribution < -0.4 is 4.74 Å². The van der Waals surface area contributed by atoms with Crippen LogP contribution in [0.1, 0.15) is 36.8 Å². The average molecular weight is 370 g/mol. The van der Waals surface area contributed by atoms with E-state index in [0.717, 1.165) is 28.7 Å². The van der Waals surface area contributed by atoms with Crippen molar-refractivity contribution in [1.29, 1.82) is 0 Å². The molecule has 0 radical (unpaired) electrons. The summed E-state index contributed by atoms with van der Waals surface area (Å²) in [5, 5.41) is 22.5. The van der Waals surface area contributed by atoms with Crippen molar-refractivity contribution in [3.8, 4) is 11.5 Å². The third kappa shape index (κ3) is 1.66. The molecule has 2 N–H and O–H groups in total. The van der Waals surface area contributed by atoms with Crippen LogP contribution in [0, 0.1) is 5.92 Å². The van der Waals surface area contributed by atoms with E-state index in [2.05, 4.69) is 7.05 Å². The maximum atomic E-state index is 12.8. The van der Waals surface area contributed by atoms with E-state index in [4.69, 9.17) is 4.74 Å². The Morgan fingerprint density at radius 2 is 2.07 bits per heavy atom. The molecule has 6 rings (SSSR count). The number of aromatic hydroxyl groups is 1. The highest BCUT2D eigenvalue weighted by Gasteiger charge is 2.78. The van der Waals surface area contributed by atoms with Gasteiger partial charge in [0, 0.05) is 30.7 Å². The molecule has 2 heterocycles. The molecule has 1 spiro atoms. The highest BCUT2D eigenvalue weighted by atomic mass is 16.5. The number of piperidine rings is 1. The predicted octanol–water partition coefficient (Wildman–Crippen LogP) is 0.849. The predicted molar refractivity (Wildman–Crippen MR) is 94.5 cm³/mol. The lowest BCUT2D eigenvalue weighted by Gasteiger charge is -2.63. The monoisotopic (exact) mass is 370 g/mol. The summed E-state index contributed by atoms with van der Waals surface area (Å²) >= 11 is 0. The lowest BCUT2D eigenvalue weighted by molar-refractivity contribution is -0.950. The second-order valence-electron chi connectivity index (χ2n) is 9.60. The molecule has 0 aromatic heterocycles. The zero-order valence-corrected chi connectivity index (χ0v) is 15.4. The van der Waals surface area contributed by atoms with Crippen molar-refractivity contribution in [3.05, 3.63) is 23.3 Å². The van der Waals surface area contributed by atoms with Crippen molar-refractivity contribution < 1.29 is 29.0 Å². The number of rotatable bonds is 2. The van der Waals surface area contributed by atoms with E-state index in [1.165, 1.54) is 12.8 Å². The first-order chi connectivity index (χ1) is 12.8. The Morgan fingerprint density at radius 1 is 1.30 bits per heavy atom. The van der Waals surface area contributed by atoms with Crippen LogP contribution in [-0.2, 0) is 21.4 Å². The summed E-state index contributed by atoms with van der Waals surface area (Å²) < 4.78 is 6.67. The topological polar surface area (TPSA) is 83.8 Å². The maximum Gasteiger partial charge on any atom is 0.239 e. The second kappa shape index (κ2) is 4.55. The number of nitrogens with zero attached hydrogens (tertiary/aromatic N) is 1. The summed E-state index contributed by atoms with van der Waals surface area (Å²) in [6.45, 7) is 1.86. The molecule has 3 fully saturated rings. The molecule has 2 aliphatic heterocycles. The lowest BCUT2D eigenvalue weighted by Crippen LogP contribution is -2.82. The number of aliphatic hydroxyl groups is 1. The van der Waals surface area contributed by atoms with Gasteiger partial charge in [0.25, 0.3) is 0 Å². The number of benzene rings is 1. The Hall–Kier alpha value is -1.92. The molecule has 5 aliphatic rings. The Bertz CT molecular complexity index is 923. The molecule has 142 valence electrons. The number of hydrogen-bond acceptors (Lipinski definition) is 5. The third-order valence-electron chi connectivity index (χ3n) is 8.17. The summed E-state index contributed by atoms with van der Waals surface area (Å²) in [6, 6.07) is 3.37. The van der Waals surface area contributed by atoms with Crippen molar-refractivity contribution in [3.63, 3.8) is 0 Å². The summed E-state index contributed by atoms with van der Waals surface area (Å²) in [5.74, 6) is -0.116. The second-order valence-corrected chi connectivity index (χ2v) is 9.60. The minimum atomic E-state index is -1.31. The maximum absolute atomic E-state index is 12.8. The summed E-state index contributed by atoms with van der Waals surface area (Å²) in [4.78, 5) is 25.4. The number of ether oxygens (including phenoxy) is 1. The van der Waals surface area contributed by atoms with Crippen LogP contribution in [0.4, 0.5) is 0 Å². The van der Waals surface area contributed by atoms with Gasteiger partial charge in [0.15, 0.2) is 17.6 Å². The van der Waals surface area contributed by atoms with Crippen LogP contribution in [-0.4, -0.2) is 64.1 Å². The number of phenols is 1. The van der Waals surface area contributed by atoms with Gasteiger partial charge in [-0.25, -0.2) is 0 Å². The first-order valence-electron chi connectivity index (χ1n) is 9.96. The van der Waals surface area contributed by atoms with Crippen LogP contribution >= 0.6 is 0 Å². The first kappa shape index (κ1) is 16.1. The molecular formula is C21H24NO5+. The van der Waals surface area contributed by atoms with Crippen molar-refractivity contribution in [2.45, 2.75) is 55.3 Å². The zero-order valence-electron chi connectivity index (χ0n) is 15.4. The minimum Gasteiger partial charge on any atom is -0.504 e. The van der Waals surface area contributed by atoms with Gasteiger partial charge in [-0.2, -0.15) is 0 Å². The Kier molecular flexibility index (Phi) is 2.71. The number of Topliss-reactive ketones (excluding diaryl/α,β-unsaturated/α-hetero) is 2. The average Bonchev–Trinajstić information content (AvgIpc) is 3.34. The molecule has 1 aromatic rings. The number of phenolic OH excluding ortho intramolecular Hbond substituents is 1. The first-order valence-corrected chi connectivity index (χ1v) is 9.96. The van der Waals surface area contributed by atoms with Crippen LogP contribution in [0.25, 0.3) is 0 Å². The number of quaternary nitrogens is 1. The Morgan fingerprint density at radius 3 is 2.81 bits per heavy atom. The fraction of sp³-hybridized carbons (Fsp3) is 0.619. The van der Waals surface area contributed by atoms with E-state index in [1.807, 2.05) is 6.07 Å². The zero-order chi connectivity index (χ0) is 18.8. The quantitative estimate of drug-likeness (QED) is 0.596. The number of ketones is 2. The fourth-order valence-electron chi connectivity index (χ4n) is 6.79. The van der Waals surface area contributed by atoms with Crippen LogP contribution in [0.5, 0.6) is 11.5 Å². The van der Waals surface area contributed by atoms with E-state index in [0.29, 0.717) is 24.5 Å². The smallest absolute Gasteiger partial charge is 0.239 e. The van der Waals surface area contributed by atoms with Gasteiger partial charge < -0.3 is 19.4 Å². The highest BCUT2D eigenvalue weighted by Crippen LogP contribution is 2.65. The van der Waals surface area contributed by atoms with Crippen LogP contribution in [0.15, 0.2) is 12.1 Å². The van der Waals surface area contributed by atoms with Crippen molar-refractivity contribution in [2.24, 2.45) is 5.92 Å². The number of carbonyl (C=O) groups excluding carboxylic acids is 2. The molecule has 27 heavy (non-hydrogen) atoms. The molecule has 0 amide bonds. The molecule has 2 bridgehead atoms. The lowest BCUT2D eigenvalue weighted by atomic mass is 9.48. The standard InChI is InChI=1S/C21H23NO5/c1-22(10-11-2-3-11)7-6-20-16-12-4-5-13(23)18(16)27-19(20)17(25)14(24)9-21(20,26)15(22)8-12/h4-5,11,15,19,26H,2-3,6-10H2,1H3/p+1/t15-,19+,20+,21-,22-/m1/s1. The number of carbonyl (C=O) groups is 2. The third-order valence-corrected chi connectivity index (χ3v) is 8.17. The normalized spacial score (nSPS) is 44.1. The van der Waals surface area contributed by atoms with E-state index in [-0.39, 0.29) is 18.2 Å². The Labute approximate surface area is 157 Å². The van der Waals surface area contributed by atoms with Gasteiger partial charge in [-0.3, -0.25) is 9.59 Å². The molecule has 1 aromatic carbocycles. The molecule has 6 heteroatoms. The van der Waals surface area contributed by atoms with Crippen molar-refractivity contribution >= 4 is 11.6 Å². The summed E-state index contributed by atoms with van der Waals surface area (Å²) in [6.07, 6.45) is 2.56. The summed E-state index contributed by atoms with van der Waals surface area (Å²) in [5.41, 5.74) is -0.394. The van der Waals surface area contributed by atoms with Gasteiger partial charge >= 0.3 is 0 Å². The number of likely N-dealkylation sites (tertiary alicyclic amines) is 1. The fourth-order valence-corrected chi connectivity index (χ4v) is 6.79. The van der Waals surface area contributed by atoms with Gasteiger partial charge in [-0.05, 0) is 24.5 Å². The van der Waals surface area contributed by atoms with Crippen molar-refractivity contribution in [1.82, 2.24) is 0 Å². The van der Waals surface area contributed by atoms with E-state index >= 15 is 0 Å². The van der Waals surface area contributed by atoms with E-state index in [9.17, 15) is 19.8 Å². The largest absolute Gasteiger partial charge is 0.504 e. The number of likely N-dealkylation sites (N-methyl/N-ethyl adjacent to an activating group) is 1. The van der Waals surface area contributed by atoms with Crippen LogP contribution in [0.3, 0.4) is 0 Å². The summed E-state index contributed by atoms with van der Waals surface area (Å²) in [7, 11) is 2.20. The van der Waals surface area contributed by atoms with Gasteiger partial charge in [-0.15, -0.1) is 0 Å². The van der Waals surface area contributed by atoms with Crippen LogP contribution in [0.2, 0.25) is 0 Å². The minimum absolute atomic E-state index is 0.0145. The highest BCUT2D eigenvalue weighted by molar-refractivity contribution is 6.40. The van der Waals surface area contributed by atoms with Crippen molar-refractivity contribution in [2.75, 3.05) is 20.1 Å². The van der Waals surface area contributed by atoms with E-state index < -0.39 is 28.7 Å². The molecule has 2 saturated carbocycles. The molecule has 6 nitrogen and oxygen atoms in total.